The number of carboxylic acid groups (broad SMARTS) is 1. The lowest BCUT2D eigenvalue weighted by molar-refractivity contribution is -0.143. The zero-order valence-electron chi connectivity index (χ0n) is 40.8. The molecule has 396 valence electrons. The van der Waals surface area contributed by atoms with Gasteiger partial charge in [-0.05, 0) is 75.5 Å². The van der Waals surface area contributed by atoms with Gasteiger partial charge in [0.05, 0.1) is 32.0 Å². The van der Waals surface area contributed by atoms with E-state index in [1.807, 2.05) is 13.8 Å². The van der Waals surface area contributed by atoms with E-state index in [1.165, 1.54) is 6.92 Å². The molecule has 3 rings (SSSR count). The lowest BCUT2D eigenvalue weighted by Crippen LogP contribution is -2.62. The van der Waals surface area contributed by atoms with E-state index >= 15 is 0 Å². The number of nitrogens with two attached hydrogens (primary N) is 2. The molecule has 10 atom stereocenters. The molecule has 25 nitrogen and oxygen atoms in total. The summed E-state index contributed by atoms with van der Waals surface area (Å²) in [6, 6.07) is -5.79. The summed E-state index contributed by atoms with van der Waals surface area (Å²) in [5, 5.41) is 68.3. The van der Waals surface area contributed by atoms with Crippen LogP contribution >= 0.6 is 0 Å². The number of carbonyl (C=O) groups excluding carboxylic acids is 8. The summed E-state index contributed by atoms with van der Waals surface area (Å²) in [7, 11) is 0. The zero-order chi connectivity index (χ0) is 53.1. The van der Waals surface area contributed by atoms with Gasteiger partial charge in [0.15, 0.2) is 0 Å². The Bertz CT molecular complexity index is 2150. The predicted molar refractivity (Wildman–Crippen MR) is 256 cm³/mol. The minimum atomic E-state index is -1.72. The number of hydrogen-bond acceptors (Lipinski definition) is 15. The third-order valence-electron chi connectivity index (χ3n) is 11.9. The second-order valence-corrected chi connectivity index (χ2v) is 18.4. The molecule has 0 saturated carbocycles. The third-order valence-corrected chi connectivity index (χ3v) is 11.9. The molecule has 1 aromatic heterocycles. The maximum absolute atomic E-state index is 13.9. The Labute approximate surface area is 411 Å². The summed E-state index contributed by atoms with van der Waals surface area (Å²) >= 11 is 0. The van der Waals surface area contributed by atoms with Crippen LogP contribution in [0.5, 0.6) is 0 Å². The molecule has 1 aliphatic rings. The van der Waals surface area contributed by atoms with Crippen molar-refractivity contribution < 1.29 is 68.7 Å². The Hall–Kier alpha value is -6.25. The van der Waals surface area contributed by atoms with Crippen LogP contribution in [0.15, 0.2) is 30.5 Å². The van der Waals surface area contributed by atoms with Crippen molar-refractivity contribution in [2.45, 2.75) is 140 Å². The molecule has 0 spiro atoms. The number of aliphatic carboxylic acids is 1. The van der Waals surface area contributed by atoms with Crippen molar-refractivity contribution >= 4 is 64.1 Å². The van der Waals surface area contributed by atoms with Crippen molar-refractivity contribution in [2.24, 2.45) is 23.3 Å². The number of fused-ring (bicyclic) bond motifs is 1. The van der Waals surface area contributed by atoms with E-state index in [9.17, 15) is 68.7 Å². The lowest BCUT2D eigenvalue weighted by Gasteiger charge is -2.31. The Balaban J connectivity index is 1.70. The van der Waals surface area contributed by atoms with Gasteiger partial charge in [0.2, 0.25) is 47.3 Å². The third kappa shape index (κ3) is 17.2. The number of benzene rings is 1. The molecular weight excluding hydrogens is 931 g/mol. The molecule has 2 aromatic rings. The van der Waals surface area contributed by atoms with Gasteiger partial charge in [0.1, 0.15) is 48.3 Å². The molecule has 1 saturated heterocycles. The molecule has 0 bridgehead atoms. The maximum atomic E-state index is 13.9. The average molecular weight is 1000 g/mol. The Kier molecular flexibility index (Phi) is 23.8. The number of rotatable bonds is 29. The fourth-order valence-electron chi connectivity index (χ4n) is 7.96. The summed E-state index contributed by atoms with van der Waals surface area (Å²) in [4.78, 5) is 124. The Morgan fingerprint density at radius 1 is 0.704 bits per heavy atom. The van der Waals surface area contributed by atoms with Crippen LogP contribution in [0, 0.1) is 11.8 Å². The van der Waals surface area contributed by atoms with Crippen molar-refractivity contribution in [1.29, 1.82) is 0 Å². The number of carboxylic acids is 1. The second kappa shape index (κ2) is 28.6. The Morgan fingerprint density at radius 2 is 1.25 bits per heavy atom. The molecule has 1 fully saturated rings. The summed E-state index contributed by atoms with van der Waals surface area (Å²) in [5.74, 6) is -9.31. The van der Waals surface area contributed by atoms with E-state index < -0.39 is 139 Å². The van der Waals surface area contributed by atoms with Gasteiger partial charge < -0.3 is 84.1 Å². The van der Waals surface area contributed by atoms with E-state index in [0.717, 1.165) is 15.8 Å². The molecule has 0 radical (unpaired) electrons. The minimum Gasteiger partial charge on any atom is -0.480 e. The first-order valence-electron chi connectivity index (χ1n) is 23.8. The van der Waals surface area contributed by atoms with Crippen LogP contribution in [0.25, 0.3) is 10.9 Å². The van der Waals surface area contributed by atoms with E-state index in [0.29, 0.717) is 24.8 Å². The molecule has 2 heterocycles. The standard InChI is InChI=1S/C46H73N11O14/c1-23(2)17-28(48)38(62)52-32(20-58)41(65)54-34(22-60)45(69)57-16-10-14-35(57)42(66)55-36(24(3)4)43(67)56-37(25(5)61)44(68)50-30(13-8-9-15-47)39(63)53-33(21-59)40(64)51-31(46(70)71)18-26-19-49-29-12-7-6-11-27(26)29/h6-7,11-12,19,23-25,28,30-37,49,58-61H,8-10,13-18,20-22,47-48H2,1-5H3,(H,50,68)(H,51,64)(H,52,62)(H,53,63)(H,54,65)(H,55,66)(H,56,67)(H,70,71)/t25-,28+,30+,31+,32+,33+,34+,35+,36+,37+/m1/s1. The van der Waals surface area contributed by atoms with Gasteiger partial charge in [-0.1, -0.05) is 45.9 Å². The highest BCUT2D eigenvalue weighted by Crippen LogP contribution is 2.21. The molecule has 0 aliphatic carbocycles. The van der Waals surface area contributed by atoms with Crippen molar-refractivity contribution in [3.8, 4) is 0 Å². The van der Waals surface area contributed by atoms with E-state index in [2.05, 4.69) is 42.2 Å². The van der Waals surface area contributed by atoms with Crippen LogP contribution in [0.1, 0.15) is 78.7 Å². The van der Waals surface area contributed by atoms with Gasteiger partial charge in [-0.2, -0.15) is 0 Å². The number of aliphatic hydroxyl groups excluding tert-OH is 4. The number of likely N-dealkylation sites (tertiary alicyclic amines) is 1. The first-order chi connectivity index (χ1) is 33.6. The number of aromatic nitrogens is 1. The maximum Gasteiger partial charge on any atom is 0.326 e. The minimum absolute atomic E-state index is 0.0226. The van der Waals surface area contributed by atoms with Crippen molar-refractivity contribution in [3.05, 3.63) is 36.0 Å². The number of amides is 8. The van der Waals surface area contributed by atoms with Crippen LogP contribution in [-0.4, -0.2) is 182 Å². The van der Waals surface area contributed by atoms with E-state index in [-0.39, 0.29) is 44.7 Å². The SMILES string of the molecule is CC(C)C[C@H](N)C(=O)N[C@@H](CO)C(=O)N[C@@H](CO)C(=O)N1CCC[C@H]1C(=O)N[C@H](C(=O)N[C@H](C(=O)N[C@@H](CCCCN)C(=O)N[C@@H](CO)C(=O)N[C@@H](Cc1c[nH]c2ccccc12)C(=O)O)[C@@H](C)O)C(C)C. The number of para-hydroxylation sites is 1. The van der Waals surface area contributed by atoms with Gasteiger partial charge in [-0.25, -0.2) is 4.79 Å². The van der Waals surface area contributed by atoms with Crippen LogP contribution in [-0.2, 0) is 49.6 Å². The fourth-order valence-corrected chi connectivity index (χ4v) is 7.96. The first kappa shape index (κ1) is 59.1. The molecule has 8 amide bonds. The van der Waals surface area contributed by atoms with E-state index in [1.54, 1.807) is 44.3 Å². The van der Waals surface area contributed by atoms with Crippen LogP contribution in [0.4, 0.5) is 0 Å². The smallest absolute Gasteiger partial charge is 0.326 e. The van der Waals surface area contributed by atoms with Crippen LogP contribution in [0.2, 0.25) is 0 Å². The molecule has 0 unspecified atom stereocenters. The number of nitrogens with zero attached hydrogens (tertiary/aromatic N) is 1. The van der Waals surface area contributed by atoms with Crippen molar-refractivity contribution in [3.63, 3.8) is 0 Å². The highest BCUT2D eigenvalue weighted by atomic mass is 16.4. The highest BCUT2D eigenvalue weighted by Gasteiger charge is 2.41. The van der Waals surface area contributed by atoms with Gasteiger partial charge in [0.25, 0.3) is 0 Å². The quantitative estimate of drug-likeness (QED) is 0.0343. The topological polar surface area (TPSA) is 410 Å². The fraction of sp³-hybridized carbons (Fsp3) is 0.630. The van der Waals surface area contributed by atoms with Crippen molar-refractivity contribution in [2.75, 3.05) is 32.9 Å². The average Bonchev–Trinajstić information content (AvgIpc) is 3.99. The number of carbonyl (C=O) groups is 9. The number of H-pyrrole nitrogens is 1. The lowest BCUT2D eigenvalue weighted by atomic mass is 10.0. The van der Waals surface area contributed by atoms with Crippen LogP contribution in [0.3, 0.4) is 0 Å². The van der Waals surface area contributed by atoms with Crippen LogP contribution < -0.4 is 48.7 Å². The molecule has 1 aromatic carbocycles. The monoisotopic (exact) mass is 1000 g/mol. The number of hydrogen-bond donors (Lipinski definition) is 15. The second-order valence-electron chi connectivity index (χ2n) is 18.4. The summed E-state index contributed by atoms with van der Waals surface area (Å²) < 4.78 is 0. The zero-order valence-corrected chi connectivity index (χ0v) is 40.8. The summed E-state index contributed by atoms with van der Waals surface area (Å²) in [6.07, 6.45) is 1.25. The van der Waals surface area contributed by atoms with Gasteiger partial charge >= 0.3 is 5.97 Å². The molecule has 71 heavy (non-hydrogen) atoms. The predicted octanol–water partition coefficient (Wildman–Crippen LogP) is -4.30. The van der Waals surface area contributed by atoms with Gasteiger partial charge in [-0.15, -0.1) is 0 Å². The van der Waals surface area contributed by atoms with Crippen molar-refractivity contribution in [1.82, 2.24) is 47.1 Å². The van der Waals surface area contributed by atoms with E-state index in [4.69, 9.17) is 11.5 Å². The molecule has 25 heteroatoms. The first-order valence-corrected chi connectivity index (χ1v) is 23.8. The normalized spacial score (nSPS) is 17.4. The number of unbranched alkanes of at least 4 members (excludes halogenated alkanes) is 1. The number of aromatic amines is 1. The number of aliphatic hydroxyl groups is 4. The summed E-state index contributed by atoms with van der Waals surface area (Å²) in [6.45, 7) is 5.54. The number of nitrogens with one attached hydrogen (secondary N) is 8. The Morgan fingerprint density at radius 3 is 1.82 bits per heavy atom. The summed E-state index contributed by atoms with van der Waals surface area (Å²) in [5.41, 5.74) is 12.9. The van der Waals surface area contributed by atoms with Gasteiger partial charge in [-0.3, -0.25) is 38.4 Å². The highest BCUT2D eigenvalue weighted by molar-refractivity contribution is 5.98. The largest absolute Gasteiger partial charge is 0.480 e. The molecular formula is C46H73N11O14. The van der Waals surface area contributed by atoms with Gasteiger partial charge in [0, 0.05) is 30.1 Å². The molecule has 1 aliphatic heterocycles. The molecule has 17 N–H and O–H groups in total.